The van der Waals surface area contributed by atoms with Crippen LogP contribution in [0.15, 0.2) is 48.5 Å². The summed E-state index contributed by atoms with van der Waals surface area (Å²) in [7, 11) is 1.86. The number of hydrogen-bond acceptors (Lipinski definition) is 8. The highest BCUT2D eigenvalue weighted by Gasteiger charge is 2.36. The van der Waals surface area contributed by atoms with Crippen molar-refractivity contribution in [2.45, 2.75) is 32.6 Å². The standard InChI is InChI=1S/C26H35NO7/c1-3-26(18-30-19-26)17-29-15-5-4-6-16-31-25(28)34-24-13-11-23(12-14-24)33-20-32-22-9-7-21(27-2)8-10-22/h7-14,27H,3-6,15-20H2,1-2H3. The van der Waals surface area contributed by atoms with E-state index in [-0.39, 0.29) is 12.2 Å². The Morgan fingerprint density at radius 1 is 0.912 bits per heavy atom. The van der Waals surface area contributed by atoms with E-state index >= 15 is 0 Å². The molecule has 186 valence electrons. The van der Waals surface area contributed by atoms with Gasteiger partial charge in [0.2, 0.25) is 6.79 Å². The average molecular weight is 474 g/mol. The number of carbonyl (C=O) groups is 1. The molecule has 1 N–H and O–H groups in total. The molecule has 0 radical (unpaired) electrons. The molecule has 0 saturated carbocycles. The molecular weight excluding hydrogens is 438 g/mol. The number of rotatable bonds is 15. The molecule has 0 atom stereocenters. The van der Waals surface area contributed by atoms with Gasteiger partial charge in [0, 0.05) is 24.8 Å². The van der Waals surface area contributed by atoms with Crippen LogP contribution >= 0.6 is 0 Å². The summed E-state index contributed by atoms with van der Waals surface area (Å²) < 4.78 is 32.5. The first-order valence-corrected chi connectivity index (χ1v) is 11.8. The van der Waals surface area contributed by atoms with E-state index in [1.54, 1.807) is 24.3 Å². The van der Waals surface area contributed by atoms with Gasteiger partial charge in [-0.2, -0.15) is 0 Å². The molecule has 2 aromatic rings. The summed E-state index contributed by atoms with van der Waals surface area (Å²) in [5.74, 6) is 1.70. The number of unbranched alkanes of at least 4 members (excludes halogenated alkanes) is 2. The molecule has 0 spiro atoms. The minimum atomic E-state index is -0.715. The van der Waals surface area contributed by atoms with E-state index in [0.29, 0.717) is 30.5 Å². The van der Waals surface area contributed by atoms with Gasteiger partial charge in [-0.1, -0.05) is 6.92 Å². The van der Waals surface area contributed by atoms with E-state index in [2.05, 4.69) is 12.2 Å². The lowest BCUT2D eigenvalue weighted by molar-refractivity contribution is -0.150. The highest BCUT2D eigenvalue weighted by molar-refractivity contribution is 5.63. The number of nitrogens with one attached hydrogen (secondary N) is 1. The largest absolute Gasteiger partial charge is 0.513 e. The van der Waals surface area contributed by atoms with Crippen LogP contribution in [0.2, 0.25) is 0 Å². The van der Waals surface area contributed by atoms with Gasteiger partial charge in [-0.25, -0.2) is 4.79 Å². The van der Waals surface area contributed by atoms with E-state index in [1.807, 2.05) is 31.3 Å². The van der Waals surface area contributed by atoms with Crippen molar-refractivity contribution in [3.8, 4) is 17.2 Å². The maximum absolute atomic E-state index is 11.9. The van der Waals surface area contributed by atoms with Crippen LogP contribution in [0.5, 0.6) is 17.2 Å². The lowest BCUT2D eigenvalue weighted by Gasteiger charge is -2.40. The minimum absolute atomic E-state index is 0.0695. The van der Waals surface area contributed by atoms with Crippen LogP contribution in [-0.4, -0.2) is 53.0 Å². The quantitative estimate of drug-likeness (QED) is 0.162. The van der Waals surface area contributed by atoms with E-state index in [4.69, 9.17) is 28.4 Å². The van der Waals surface area contributed by atoms with Gasteiger partial charge in [0.1, 0.15) is 17.2 Å². The molecular formula is C26H35NO7. The van der Waals surface area contributed by atoms with Crippen molar-refractivity contribution in [1.29, 1.82) is 0 Å². The molecule has 1 fully saturated rings. The van der Waals surface area contributed by atoms with Crippen molar-refractivity contribution in [2.75, 3.05) is 52.2 Å². The van der Waals surface area contributed by atoms with Crippen LogP contribution in [-0.2, 0) is 14.2 Å². The third kappa shape index (κ3) is 8.43. The maximum atomic E-state index is 11.9. The zero-order chi connectivity index (χ0) is 24.1. The van der Waals surface area contributed by atoms with Crippen molar-refractivity contribution in [2.24, 2.45) is 5.41 Å². The van der Waals surface area contributed by atoms with E-state index < -0.39 is 6.16 Å². The smallest absolute Gasteiger partial charge is 0.458 e. The molecule has 0 bridgehead atoms. The van der Waals surface area contributed by atoms with Gasteiger partial charge >= 0.3 is 6.16 Å². The second-order valence-electron chi connectivity index (χ2n) is 8.31. The van der Waals surface area contributed by atoms with Crippen LogP contribution in [0, 0.1) is 5.41 Å². The lowest BCUT2D eigenvalue weighted by Crippen LogP contribution is -2.45. The van der Waals surface area contributed by atoms with Gasteiger partial charge in [-0.15, -0.1) is 0 Å². The number of ether oxygens (including phenoxy) is 6. The third-order valence-electron chi connectivity index (χ3n) is 5.75. The van der Waals surface area contributed by atoms with Gasteiger partial charge in [0.05, 0.1) is 26.4 Å². The summed E-state index contributed by atoms with van der Waals surface area (Å²) in [5, 5.41) is 3.05. The molecule has 2 aromatic carbocycles. The van der Waals surface area contributed by atoms with Crippen LogP contribution in [0.1, 0.15) is 32.6 Å². The number of hydrogen-bond donors (Lipinski definition) is 1. The molecule has 0 aromatic heterocycles. The number of benzene rings is 2. The predicted octanol–water partition coefficient (Wildman–Crippen LogP) is 5.27. The Kier molecular flexibility index (Phi) is 10.3. The molecule has 0 amide bonds. The third-order valence-corrected chi connectivity index (χ3v) is 5.75. The predicted molar refractivity (Wildman–Crippen MR) is 129 cm³/mol. The molecule has 1 aliphatic heterocycles. The van der Waals surface area contributed by atoms with Crippen LogP contribution in [0.25, 0.3) is 0 Å². The van der Waals surface area contributed by atoms with Gasteiger partial charge < -0.3 is 33.7 Å². The fourth-order valence-electron chi connectivity index (χ4n) is 3.32. The maximum Gasteiger partial charge on any atom is 0.513 e. The summed E-state index contributed by atoms with van der Waals surface area (Å²) >= 11 is 0. The summed E-state index contributed by atoms with van der Waals surface area (Å²) in [6.07, 6.45) is 3.00. The molecule has 8 heteroatoms. The van der Waals surface area contributed by atoms with Gasteiger partial charge in [-0.05, 0) is 74.2 Å². The van der Waals surface area contributed by atoms with Crippen LogP contribution in [0.3, 0.4) is 0 Å². The first-order chi connectivity index (χ1) is 16.6. The summed E-state index contributed by atoms with van der Waals surface area (Å²) in [6, 6.07) is 14.3. The Morgan fingerprint density at radius 2 is 1.53 bits per heavy atom. The SMILES string of the molecule is CCC1(COCCCCCOC(=O)Oc2ccc(OCOc3ccc(NC)cc3)cc2)COC1. The Bertz CT molecular complexity index is 845. The topological polar surface area (TPSA) is 84.5 Å². The minimum Gasteiger partial charge on any atom is -0.458 e. The van der Waals surface area contributed by atoms with Crippen molar-refractivity contribution in [3.63, 3.8) is 0 Å². The molecule has 3 rings (SSSR count). The monoisotopic (exact) mass is 473 g/mol. The first-order valence-electron chi connectivity index (χ1n) is 11.8. The molecule has 0 unspecified atom stereocenters. The van der Waals surface area contributed by atoms with Crippen molar-refractivity contribution in [3.05, 3.63) is 48.5 Å². The summed E-state index contributed by atoms with van der Waals surface area (Å²) in [6.45, 7) is 5.64. The Balaban J connectivity index is 1.21. The summed E-state index contributed by atoms with van der Waals surface area (Å²) in [5.41, 5.74) is 1.23. The number of carbonyl (C=O) groups excluding carboxylic acids is 1. The fraction of sp³-hybridized carbons (Fsp3) is 0.500. The molecule has 1 saturated heterocycles. The van der Waals surface area contributed by atoms with Crippen molar-refractivity contribution < 1.29 is 33.2 Å². The molecule has 8 nitrogen and oxygen atoms in total. The second kappa shape index (κ2) is 13.7. The zero-order valence-electron chi connectivity index (χ0n) is 20.0. The average Bonchev–Trinajstić information content (AvgIpc) is 2.84. The normalized spacial score (nSPS) is 14.1. The zero-order valence-corrected chi connectivity index (χ0v) is 20.0. The van der Waals surface area contributed by atoms with E-state index in [9.17, 15) is 4.79 Å². The van der Waals surface area contributed by atoms with Crippen molar-refractivity contribution >= 4 is 11.8 Å². The van der Waals surface area contributed by atoms with Gasteiger partial charge in [-0.3, -0.25) is 0 Å². The van der Waals surface area contributed by atoms with E-state index in [0.717, 1.165) is 51.2 Å². The first kappa shape index (κ1) is 25.6. The molecule has 34 heavy (non-hydrogen) atoms. The van der Waals surface area contributed by atoms with Gasteiger partial charge in [0.15, 0.2) is 0 Å². The van der Waals surface area contributed by atoms with Gasteiger partial charge in [0.25, 0.3) is 0 Å². The Morgan fingerprint density at radius 3 is 2.12 bits per heavy atom. The highest BCUT2D eigenvalue weighted by Crippen LogP contribution is 2.31. The van der Waals surface area contributed by atoms with E-state index in [1.165, 1.54) is 0 Å². The highest BCUT2D eigenvalue weighted by atomic mass is 16.7. The summed E-state index contributed by atoms with van der Waals surface area (Å²) in [4.78, 5) is 11.9. The molecule has 0 aliphatic carbocycles. The fourth-order valence-corrected chi connectivity index (χ4v) is 3.32. The van der Waals surface area contributed by atoms with Crippen molar-refractivity contribution in [1.82, 2.24) is 0 Å². The Hall–Kier alpha value is -2.97. The molecule has 1 heterocycles. The Labute approximate surface area is 201 Å². The van der Waals surface area contributed by atoms with Crippen LogP contribution < -0.4 is 19.5 Å². The number of anilines is 1. The lowest BCUT2D eigenvalue weighted by atomic mass is 9.84. The van der Waals surface area contributed by atoms with Crippen LogP contribution in [0.4, 0.5) is 10.5 Å². The molecule has 1 aliphatic rings. The second-order valence-corrected chi connectivity index (χ2v) is 8.31.